The largest absolute Gasteiger partial charge is 0.285 e. The molecule has 0 aliphatic heterocycles. The molecule has 0 saturated heterocycles. The fraction of sp³-hybridized carbons (Fsp3) is 0.167. The zero-order valence-corrected chi connectivity index (χ0v) is 10.8. The van der Waals surface area contributed by atoms with Gasteiger partial charge < -0.3 is 0 Å². The number of nitrogens with zero attached hydrogens (tertiary/aromatic N) is 2. The van der Waals surface area contributed by atoms with Crippen molar-refractivity contribution in [3.05, 3.63) is 53.3 Å². The first-order valence-corrected chi connectivity index (χ1v) is 7.18. The minimum Gasteiger partial charge on any atom is -0.285 e. The van der Waals surface area contributed by atoms with E-state index in [1.807, 2.05) is 6.07 Å². The summed E-state index contributed by atoms with van der Waals surface area (Å²) in [6.07, 6.45) is 3.19. The molecule has 0 unspecified atom stereocenters. The third kappa shape index (κ3) is 3.91. The SMILES string of the molecule is N#Cc1ccc(CS(=O)(=O)NCc2cn[nH]c2)cc1. The summed E-state index contributed by atoms with van der Waals surface area (Å²) < 4.78 is 26.2. The maximum Gasteiger partial charge on any atom is 0.216 e. The second-order valence-corrected chi connectivity index (χ2v) is 5.80. The minimum absolute atomic E-state index is 0.115. The molecule has 0 aliphatic rings. The van der Waals surface area contributed by atoms with Gasteiger partial charge in [0.15, 0.2) is 0 Å². The Bertz CT molecular complexity index is 670. The van der Waals surface area contributed by atoms with Crippen LogP contribution in [0.25, 0.3) is 0 Å². The standard InChI is InChI=1S/C12H12N4O2S/c13-5-10-1-3-11(4-2-10)9-19(17,18)16-8-12-6-14-15-7-12/h1-4,6-7,16H,8-9H2,(H,14,15). The molecule has 0 amide bonds. The Labute approximate surface area is 111 Å². The van der Waals surface area contributed by atoms with Crippen LogP contribution in [0.1, 0.15) is 16.7 Å². The Morgan fingerprint density at radius 3 is 2.58 bits per heavy atom. The molecule has 2 N–H and O–H groups in total. The van der Waals surface area contributed by atoms with Crippen LogP contribution >= 0.6 is 0 Å². The number of rotatable bonds is 5. The predicted octanol–water partition coefficient (Wildman–Crippen LogP) is 0.901. The molecule has 0 radical (unpaired) electrons. The number of aromatic amines is 1. The van der Waals surface area contributed by atoms with Crippen LogP contribution in [0.4, 0.5) is 0 Å². The van der Waals surface area contributed by atoms with Crippen LogP contribution in [-0.4, -0.2) is 18.6 Å². The maximum absolute atomic E-state index is 11.8. The van der Waals surface area contributed by atoms with E-state index in [4.69, 9.17) is 5.26 Å². The van der Waals surface area contributed by atoms with Crippen molar-refractivity contribution in [3.8, 4) is 6.07 Å². The van der Waals surface area contributed by atoms with Crippen molar-refractivity contribution < 1.29 is 8.42 Å². The third-order valence-electron chi connectivity index (χ3n) is 2.49. The molecule has 0 bridgehead atoms. The Morgan fingerprint density at radius 1 is 1.26 bits per heavy atom. The normalized spacial score (nSPS) is 11.1. The summed E-state index contributed by atoms with van der Waals surface area (Å²) in [6.45, 7) is 0.203. The van der Waals surface area contributed by atoms with E-state index in [1.54, 1.807) is 36.7 Å². The molecule has 0 spiro atoms. The van der Waals surface area contributed by atoms with Gasteiger partial charge in [0.25, 0.3) is 0 Å². The molecule has 1 aromatic heterocycles. The molecule has 0 aliphatic carbocycles. The summed E-state index contributed by atoms with van der Waals surface area (Å²) in [7, 11) is -3.40. The van der Waals surface area contributed by atoms with Crippen LogP contribution in [0.5, 0.6) is 0 Å². The first-order chi connectivity index (χ1) is 9.09. The highest BCUT2D eigenvalue weighted by molar-refractivity contribution is 7.88. The van der Waals surface area contributed by atoms with Gasteiger partial charge in [-0.2, -0.15) is 10.4 Å². The summed E-state index contributed by atoms with van der Waals surface area (Å²) in [6, 6.07) is 8.45. The number of benzene rings is 1. The number of aromatic nitrogens is 2. The molecular weight excluding hydrogens is 264 g/mol. The van der Waals surface area contributed by atoms with E-state index in [2.05, 4.69) is 14.9 Å². The van der Waals surface area contributed by atoms with E-state index < -0.39 is 10.0 Å². The van der Waals surface area contributed by atoms with Crippen LogP contribution < -0.4 is 4.72 Å². The van der Waals surface area contributed by atoms with Gasteiger partial charge >= 0.3 is 0 Å². The number of hydrogen-bond donors (Lipinski definition) is 2. The van der Waals surface area contributed by atoms with Crippen LogP contribution in [-0.2, 0) is 22.3 Å². The molecule has 6 nitrogen and oxygen atoms in total. The van der Waals surface area contributed by atoms with Gasteiger partial charge in [0.1, 0.15) is 0 Å². The quantitative estimate of drug-likeness (QED) is 0.847. The van der Waals surface area contributed by atoms with Gasteiger partial charge in [0.05, 0.1) is 23.6 Å². The van der Waals surface area contributed by atoms with Crippen LogP contribution in [0, 0.1) is 11.3 Å². The van der Waals surface area contributed by atoms with Gasteiger partial charge in [-0.1, -0.05) is 12.1 Å². The van der Waals surface area contributed by atoms with E-state index in [-0.39, 0.29) is 12.3 Å². The van der Waals surface area contributed by atoms with Gasteiger partial charge in [-0.15, -0.1) is 0 Å². The van der Waals surface area contributed by atoms with Crippen molar-refractivity contribution >= 4 is 10.0 Å². The van der Waals surface area contributed by atoms with E-state index in [9.17, 15) is 8.42 Å². The number of sulfonamides is 1. The molecule has 1 aromatic carbocycles. The van der Waals surface area contributed by atoms with Gasteiger partial charge in [-0.25, -0.2) is 13.1 Å². The molecule has 0 saturated carbocycles. The highest BCUT2D eigenvalue weighted by atomic mass is 32.2. The topological polar surface area (TPSA) is 98.6 Å². The zero-order valence-electron chi connectivity index (χ0n) is 10.00. The molecular formula is C12H12N4O2S. The lowest BCUT2D eigenvalue weighted by Crippen LogP contribution is -2.24. The van der Waals surface area contributed by atoms with Crippen molar-refractivity contribution in [2.45, 2.75) is 12.3 Å². The molecule has 0 atom stereocenters. The average Bonchev–Trinajstić information content (AvgIpc) is 2.90. The van der Waals surface area contributed by atoms with Crippen LogP contribution in [0.3, 0.4) is 0 Å². The first-order valence-electron chi connectivity index (χ1n) is 5.53. The van der Waals surface area contributed by atoms with Crippen molar-refractivity contribution in [2.75, 3.05) is 0 Å². The Balaban J connectivity index is 1.98. The Kier molecular flexibility index (Phi) is 3.94. The molecule has 2 aromatic rings. The minimum atomic E-state index is -3.40. The summed E-state index contributed by atoms with van der Waals surface area (Å²) >= 11 is 0. The fourth-order valence-corrected chi connectivity index (χ4v) is 2.63. The molecule has 7 heteroatoms. The summed E-state index contributed by atoms with van der Waals surface area (Å²) in [5, 5.41) is 15.0. The Hall–Kier alpha value is -2.17. The number of nitrogens with one attached hydrogen (secondary N) is 2. The van der Waals surface area contributed by atoms with Gasteiger partial charge in [0.2, 0.25) is 10.0 Å². The highest BCUT2D eigenvalue weighted by Gasteiger charge is 2.11. The van der Waals surface area contributed by atoms with Gasteiger partial charge in [0, 0.05) is 18.3 Å². The smallest absolute Gasteiger partial charge is 0.216 e. The first kappa shape index (κ1) is 13.3. The molecule has 98 valence electrons. The lowest BCUT2D eigenvalue weighted by molar-refractivity contribution is 0.580. The number of hydrogen-bond acceptors (Lipinski definition) is 4. The fourth-order valence-electron chi connectivity index (χ4n) is 1.51. The second-order valence-electron chi connectivity index (χ2n) is 4.00. The van der Waals surface area contributed by atoms with Crippen molar-refractivity contribution in [3.63, 3.8) is 0 Å². The van der Waals surface area contributed by atoms with Crippen molar-refractivity contribution in [2.24, 2.45) is 0 Å². The lowest BCUT2D eigenvalue weighted by atomic mass is 10.2. The van der Waals surface area contributed by atoms with Crippen LogP contribution in [0.2, 0.25) is 0 Å². The zero-order chi connectivity index (χ0) is 13.7. The number of H-pyrrole nitrogens is 1. The van der Waals surface area contributed by atoms with Gasteiger partial charge in [-0.3, -0.25) is 5.10 Å². The predicted molar refractivity (Wildman–Crippen MR) is 69.2 cm³/mol. The van der Waals surface area contributed by atoms with Crippen molar-refractivity contribution in [1.82, 2.24) is 14.9 Å². The second kappa shape index (κ2) is 5.65. The third-order valence-corrected chi connectivity index (χ3v) is 3.79. The monoisotopic (exact) mass is 276 g/mol. The van der Waals surface area contributed by atoms with Gasteiger partial charge in [-0.05, 0) is 17.7 Å². The molecule has 0 fully saturated rings. The lowest BCUT2D eigenvalue weighted by Gasteiger charge is -2.05. The highest BCUT2D eigenvalue weighted by Crippen LogP contribution is 2.07. The summed E-state index contributed by atoms with van der Waals surface area (Å²) in [5.41, 5.74) is 1.91. The number of nitriles is 1. The maximum atomic E-state index is 11.8. The van der Waals surface area contributed by atoms with E-state index >= 15 is 0 Å². The summed E-state index contributed by atoms with van der Waals surface area (Å²) in [4.78, 5) is 0. The molecule has 2 rings (SSSR count). The molecule has 1 heterocycles. The van der Waals surface area contributed by atoms with E-state index in [1.165, 1.54) is 0 Å². The summed E-state index contributed by atoms with van der Waals surface area (Å²) in [5.74, 6) is -0.115. The molecule has 19 heavy (non-hydrogen) atoms. The van der Waals surface area contributed by atoms with Crippen LogP contribution in [0.15, 0.2) is 36.7 Å². The average molecular weight is 276 g/mol. The van der Waals surface area contributed by atoms with E-state index in [0.29, 0.717) is 11.1 Å². The van der Waals surface area contributed by atoms with E-state index in [0.717, 1.165) is 5.56 Å². The van der Waals surface area contributed by atoms with Crippen molar-refractivity contribution in [1.29, 1.82) is 5.26 Å². The Morgan fingerprint density at radius 2 is 2.00 bits per heavy atom.